The molecule has 7 nitrogen and oxygen atoms in total. The number of nitro groups is 1. The summed E-state index contributed by atoms with van der Waals surface area (Å²) in [7, 11) is 0. The number of rotatable bonds is 6. The van der Waals surface area contributed by atoms with Gasteiger partial charge < -0.3 is 10.6 Å². The van der Waals surface area contributed by atoms with Crippen molar-refractivity contribution in [2.75, 3.05) is 17.2 Å². The monoisotopic (exact) mass is 306 g/mol. The van der Waals surface area contributed by atoms with Gasteiger partial charge in [-0.05, 0) is 17.9 Å². The van der Waals surface area contributed by atoms with Gasteiger partial charge in [0.2, 0.25) is 0 Å². The fourth-order valence-electron chi connectivity index (χ4n) is 1.64. The SMILES string of the molecule is CCCNc1ncc([N+](=O)[O-])cc1C(=O)Nc1ccsc1. The molecule has 0 spiro atoms. The molecule has 0 aliphatic rings. The van der Waals surface area contributed by atoms with Gasteiger partial charge in [-0.3, -0.25) is 14.9 Å². The number of nitrogens with one attached hydrogen (secondary N) is 2. The number of amides is 1. The zero-order valence-corrected chi connectivity index (χ0v) is 12.1. The number of hydrogen-bond donors (Lipinski definition) is 2. The van der Waals surface area contributed by atoms with Gasteiger partial charge in [-0.1, -0.05) is 6.92 Å². The van der Waals surface area contributed by atoms with Crippen LogP contribution >= 0.6 is 11.3 Å². The molecular formula is C13H14N4O3S. The van der Waals surface area contributed by atoms with E-state index < -0.39 is 10.8 Å². The van der Waals surface area contributed by atoms with E-state index in [1.807, 2.05) is 12.3 Å². The Balaban J connectivity index is 2.30. The predicted molar refractivity (Wildman–Crippen MR) is 81.9 cm³/mol. The standard InChI is InChI=1S/C13H14N4O3S/c1-2-4-14-12-11(6-10(7-15-12)17(19)20)13(18)16-9-3-5-21-8-9/h3,5-8H,2,4H2,1H3,(H,14,15)(H,16,18). The van der Waals surface area contributed by atoms with Crippen LogP contribution in [0.2, 0.25) is 0 Å². The van der Waals surface area contributed by atoms with Crippen LogP contribution in [0.25, 0.3) is 0 Å². The molecule has 21 heavy (non-hydrogen) atoms. The number of anilines is 2. The summed E-state index contributed by atoms with van der Waals surface area (Å²) in [5.74, 6) is -0.0848. The molecule has 0 aliphatic heterocycles. The van der Waals surface area contributed by atoms with E-state index in [1.54, 1.807) is 11.4 Å². The summed E-state index contributed by atoms with van der Waals surface area (Å²) in [4.78, 5) is 26.5. The number of pyridine rings is 1. The van der Waals surface area contributed by atoms with Crippen molar-refractivity contribution in [2.45, 2.75) is 13.3 Å². The molecule has 0 unspecified atom stereocenters. The Labute approximate surface area is 125 Å². The van der Waals surface area contributed by atoms with Gasteiger partial charge in [-0.25, -0.2) is 4.98 Å². The van der Waals surface area contributed by atoms with Crippen LogP contribution in [0.5, 0.6) is 0 Å². The second-order valence-electron chi connectivity index (χ2n) is 4.24. The first-order valence-corrected chi connectivity index (χ1v) is 7.28. The number of aromatic nitrogens is 1. The minimum atomic E-state index is -0.571. The van der Waals surface area contributed by atoms with E-state index in [0.717, 1.165) is 12.6 Å². The van der Waals surface area contributed by atoms with Crippen LogP contribution in [0.3, 0.4) is 0 Å². The zero-order valence-electron chi connectivity index (χ0n) is 11.3. The first kappa shape index (κ1) is 14.9. The van der Waals surface area contributed by atoms with Gasteiger partial charge in [0.05, 0.1) is 16.2 Å². The molecular weight excluding hydrogens is 292 g/mol. The lowest BCUT2D eigenvalue weighted by Crippen LogP contribution is -2.16. The topological polar surface area (TPSA) is 97.2 Å². The van der Waals surface area contributed by atoms with Gasteiger partial charge in [0.25, 0.3) is 11.6 Å². The van der Waals surface area contributed by atoms with E-state index in [2.05, 4.69) is 15.6 Å². The van der Waals surface area contributed by atoms with Crippen molar-refractivity contribution in [1.82, 2.24) is 4.98 Å². The van der Waals surface area contributed by atoms with Gasteiger partial charge >= 0.3 is 0 Å². The lowest BCUT2D eigenvalue weighted by atomic mass is 10.2. The van der Waals surface area contributed by atoms with Crippen LogP contribution in [0.1, 0.15) is 23.7 Å². The van der Waals surface area contributed by atoms with Crippen molar-refractivity contribution < 1.29 is 9.72 Å². The third-order valence-corrected chi connectivity index (χ3v) is 3.33. The summed E-state index contributed by atoms with van der Waals surface area (Å²) < 4.78 is 0. The molecule has 1 amide bonds. The summed E-state index contributed by atoms with van der Waals surface area (Å²) in [5, 5.41) is 20.1. The molecule has 2 aromatic heterocycles. The molecule has 0 bridgehead atoms. The Morgan fingerprint density at radius 2 is 2.33 bits per heavy atom. The molecule has 0 aliphatic carbocycles. The molecule has 2 aromatic rings. The number of carbonyl (C=O) groups excluding carboxylic acids is 1. The van der Waals surface area contributed by atoms with Crippen molar-refractivity contribution in [2.24, 2.45) is 0 Å². The smallest absolute Gasteiger partial charge is 0.288 e. The van der Waals surface area contributed by atoms with Crippen molar-refractivity contribution in [3.8, 4) is 0 Å². The first-order chi connectivity index (χ1) is 10.1. The van der Waals surface area contributed by atoms with Gasteiger partial charge in [0.15, 0.2) is 0 Å². The molecule has 8 heteroatoms. The van der Waals surface area contributed by atoms with Crippen LogP contribution in [0.15, 0.2) is 29.1 Å². The molecule has 0 saturated carbocycles. The van der Waals surface area contributed by atoms with Crippen molar-refractivity contribution in [3.05, 3.63) is 44.8 Å². The Hall–Kier alpha value is -2.48. The molecule has 0 saturated heterocycles. The molecule has 110 valence electrons. The quantitative estimate of drug-likeness (QED) is 0.631. The Kier molecular flexibility index (Phi) is 4.83. The van der Waals surface area contributed by atoms with Gasteiger partial charge in [0, 0.05) is 18.0 Å². The molecule has 0 atom stereocenters. The van der Waals surface area contributed by atoms with E-state index in [1.165, 1.54) is 17.4 Å². The minimum absolute atomic E-state index is 0.156. The van der Waals surface area contributed by atoms with E-state index >= 15 is 0 Å². The van der Waals surface area contributed by atoms with Crippen LogP contribution < -0.4 is 10.6 Å². The van der Waals surface area contributed by atoms with Crippen LogP contribution in [-0.2, 0) is 0 Å². The van der Waals surface area contributed by atoms with E-state index in [4.69, 9.17) is 0 Å². The van der Waals surface area contributed by atoms with Crippen molar-refractivity contribution >= 4 is 34.4 Å². The van der Waals surface area contributed by atoms with Crippen molar-refractivity contribution in [1.29, 1.82) is 0 Å². The van der Waals surface area contributed by atoms with Gasteiger partial charge in [-0.2, -0.15) is 11.3 Å². The predicted octanol–water partition coefficient (Wildman–Crippen LogP) is 3.13. The summed E-state index contributed by atoms with van der Waals surface area (Å²) in [5.41, 5.74) is 0.592. The fraction of sp³-hybridized carbons (Fsp3) is 0.231. The number of nitrogens with zero attached hydrogens (tertiary/aromatic N) is 2. The summed E-state index contributed by atoms with van der Waals surface area (Å²) in [6, 6.07) is 2.99. The normalized spacial score (nSPS) is 10.1. The zero-order chi connectivity index (χ0) is 15.2. The maximum atomic E-state index is 12.3. The second-order valence-corrected chi connectivity index (χ2v) is 5.02. The van der Waals surface area contributed by atoms with Crippen LogP contribution in [0.4, 0.5) is 17.2 Å². The van der Waals surface area contributed by atoms with Gasteiger partial charge in [0.1, 0.15) is 12.0 Å². The highest BCUT2D eigenvalue weighted by molar-refractivity contribution is 7.08. The van der Waals surface area contributed by atoms with Crippen LogP contribution in [0, 0.1) is 10.1 Å². The van der Waals surface area contributed by atoms with E-state index in [0.29, 0.717) is 18.1 Å². The summed E-state index contributed by atoms with van der Waals surface area (Å²) >= 11 is 1.45. The Bertz CT molecular complexity index is 643. The van der Waals surface area contributed by atoms with Crippen LogP contribution in [-0.4, -0.2) is 22.4 Å². The molecule has 2 rings (SSSR count). The minimum Gasteiger partial charge on any atom is -0.369 e. The summed E-state index contributed by atoms with van der Waals surface area (Å²) in [6.07, 6.45) is 1.99. The lowest BCUT2D eigenvalue weighted by Gasteiger charge is -2.10. The Morgan fingerprint density at radius 3 is 2.95 bits per heavy atom. The Morgan fingerprint density at radius 1 is 1.52 bits per heavy atom. The maximum Gasteiger partial charge on any atom is 0.288 e. The highest BCUT2D eigenvalue weighted by atomic mass is 32.1. The summed E-state index contributed by atoms with van der Waals surface area (Å²) in [6.45, 7) is 2.60. The highest BCUT2D eigenvalue weighted by Crippen LogP contribution is 2.21. The number of hydrogen-bond acceptors (Lipinski definition) is 6. The second kappa shape index (κ2) is 6.80. The first-order valence-electron chi connectivity index (χ1n) is 6.33. The average molecular weight is 306 g/mol. The molecule has 0 fully saturated rings. The molecule has 2 N–H and O–H groups in total. The maximum absolute atomic E-state index is 12.3. The van der Waals surface area contributed by atoms with E-state index in [9.17, 15) is 14.9 Å². The van der Waals surface area contributed by atoms with E-state index in [-0.39, 0.29) is 11.3 Å². The lowest BCUT2D eigenvalue weighted by molar-refractivity contribution is -0.385. The van der Waals surface area contributed by atoms with Gasteiger partial charge in [-0.15, -0.1) is 0 Å². The fourth-order valence-corrected chi connectivity index (χ4v) is 2.23. The number of carbonyl (C=O) groups is 1. The third-order valence-electron chi connectivity index (χ3n) is 2.65. The highest BCUT2D eigenvalue weighted by Gasteiger charge is 2.18. The largest absolute Gasteiger partial charge is 0.369 e. The number of thiophene rings is 1. The third kappa shape index (κ3) is 3.76. The molecule has 2 heterocycles. The average Bonchev–Trinajstić information content (AvgIpc) is 2.97. The van der Waals surface area contributed by atoms with Crippen molar-refractivity contribution in [3.63, 3.8) is 0 Å². The molecule has 0 radical (unpaired) electrons. The molecule has 0 aromatic carbocycles.